The van der Waals surface area contributed by atoms with Gasteiger partial charge < -0.3 is 15.5 Å². The molecule has 0 aromatic heterocycles. The van der Waals surface area contributed by atoms with Crippen LogP contribution in [-0.2, 0) is 9.59 Å². The zero-order valence-electron chi connectivity index (χ0n) is 7.99. The molecule has 1 aliphatic heterocycles. The van der Waals surface area contributed by atoms with Crippen LogP contribution in [0.3, 0.4) is 0 Å². The van der Waals surface area contributed by atoms with Gasteiger partial charge in [0.15, 0.2) is 0 Å². The quantitative estimate of drug-likeness (QED) is 0.577. The second kappa shape index (κ2) is 3.74. The summed E-state index contributed by atoms with van der Waals surface area (Å²) in [6.45, 7) is 2.61. The summed E-state index contributed by atoms with van der Waals surface area (Å²) in [4.78, 5) is 25.5. The van der Waals surface area contributed by atoms with E-state index in [1.54, 1.807) is 7.05 Å². The van der Waals surface area contributed by atoms with E-state index < -0.39 is 0 Å². The standard InChI is InChI=1S/C8H15N3O2/c1-6(9)3-11-5-7(12)10(2)4-8(11)13/h6H,3-5,9H2,1-2H3/t6-/m1/s1. The van der Waals surface area contributed by atoms with E-state index >= 15 is 0 Å². The minimum absolute atomic E-state index is 0.0275. The molecule has 1 fully saturated rings. The summed E-state index contributed by atoms with van der Waals surface area (Å²) in [5.74, 6) is -0.0559. The predicted octanol–water partition coefficient (Wildman–Crippen LogP) is -1.37. The molecule has 0 radical (unpaired) electrons. The molecule has 1 rings (SSSR count). The summed E-state index contributed by atoms with van der Waals surface area (Å²) in [5.41, 5.74) is 5.55. The Balaban J connectivity index is 2.56. The molecule has 2 N–H and O–H groups in total. The molecule has 5 heteroatoms. The van der Waals surface area contributed by atoms with Crippen molar-refractivity contribution in [3.8, 4) is 0 Å². The highest BCUT2D eigenvalue weighted by atomic mass is 16.2. The van der Waals surface area contributed by atoms with Crippen molar-refractivity contribution in [1.82, 2.24) is 9.80 Å². The molecule has 0 saturated carbocycles. The zero-order valence-corrected chi connectivity index (χ0v) is 7.99. The number of nitrogens with zero attached hydrogens (tertiary/aromatic N) is 2. The third-order valence-electron chi connectivity index (χ3n) is 1.99. The van der Waals surface area contributed by atoms with E-state index in [0.717, 1.165) is 0 Å². The van der Waals surface area contributed by atoms with Crippen LogP contribution < -0.4 is 5.73 Å². The SMILES string of the molecule is C[C@@H](N)CN1CC(=O)N(C)CC1=O. The van der Waals surface area contributed by atoms with Crippen molar-refractivity contribution < 1.29 is 9.59 Å². The second-order valence-electron chi connectivity index (χ2n) is 3.50. The Kier molecular flexibility index (Phi) is 2.87. The Hall–Kier alpha value is -1.10. The molecule has 1 heterocycles. The van der Waals surface area contributed by atoms with Gasteiger partial charge in [0.2, 0.25) is 11.8 Å². The van der Waals surface area contributed by atoms with Gasteiger partial charge in [-0.25, -0.2) is 0 Å². The number of carbonyl (C=O) groups is 2. The van der Waals surface area contributed by atoms with Crippen LogP contribution >= 0.6 is 0 Å². The van der Waals surface area contributed by atoms with Gasteiger partial charge in [-0.05, 0) is 6.92 Å². The van der Waals surface area contributed by atoms with Crippen molar-refractivity contribution >= 4 is 11.8 Å². The maximum absolute atomic E-state index is 11.4. The summed E-state index contributed by atoms with van der Waals surface area (Å²) in [7, 11) is 1.63. The summed E-state index contributed by atoms with van der Waals surface area (Å²) in [6.07, 6.45) is 0. The molecule has 0 bridgehead atoms. The number of likely N-dealkylation sites (N-methyl/N-ethyl adjacent to an activating group) is 1. The first kappa shape index (κ1) is 9.98. The van der Waals surface area contributed by atoms with E-state index in [1.165, 1.54) is 9.80 Å². The maximum Gasteiger partial charge on any atom is 0.242 e. The van der Waals surface area contributed by atoms with Crippen molar-refractivity contribution in [3.63, 3.8) is 0 Å². The van der Waals surface area contributed by atoms with E-state index in [4.69, 9.17) is 5.73 Å². The normalized spacial score (nSPS) is 20.8. The van der Waals surface area contributed by atoms with E-state index in [9.17, 15) is 9.59 Å². The third kappa shape index (κ3) is 2.42. The molecule has 13 heavy (non-hydrogen) atoms. The van der Waals surface area contributed by atoms with Gasteiger partial charge >= 0.3 is 0 Å². The summed E-state index contributed by atoms with van der Waals surface area (Å²) in [5, 5.41) is 0. The topological polar surface area (TPSA) is 66.6 Å². The predicted molar refractivity (Wildman–Crippen MR) is 47.9 cm³/mol. The van der Waals surface area contributed by atoms with Gasteiger partial charge in [0.25, 0.3) is 0 Å². The first-order chi connectivity index (χ1) is 6.00. The molecule has 0 aliphatic carbocycles. The number of carbonyl (C=O) groups excluding carboxylic acids is 2. The number of rotatable bonds is 2. The second-order valence-corrected chi connectivity index (χ2v) is 3.50. The van der Waals surface area contributed by atoms with Crippen LogP contribution in [0, 0.1) is 0 Å². The van der Waals surface area contributed by atoms with Crippen molar-refractivity contribution in [1.29, 1.82) is 0 Å². The Morgan fingerprint density at radius 3 is 2.54 bits per heavy atom. The minimum atomic E-state index is -0.0832. The fraction of sp³-hybridized carbons (Fsp3) is 0.750. The highest BCUT2D eigenvalue weighted by Crippen LogP contribution is 2.02. The van der Waals surface area contributed by atoms with Gasteiger partial charge in [0, 0.05) is 19.6 Å². The number of piperazine rings is 1. The molecular formula is C8H15N3O2. The highest BCUT2D eigenvalue weighted by Gasteiger charge is 2.27. The molecule has 5 nitrogen and oxygen atoms in total. The third-order valence-corrected chi connectivity index (χ3v) is 1.99. The van der Waals surface area contributed by atoms with Gasteiger partial charge in [-0.2, -0.15) is 0 Å². The Labute approximate surface area is 77.5 Å². The van der Waals surface area contributed by atoms with Crippen LogP contribution in [0.25, 0.3) is 0 Å². The minimum Gasteiger partial charge on any atom is -0.335 e. The van der Waals surface area contributed by atoms with Gasteiger partial charge in [-0.3, -0.25) is 9.59 Å². The van der Waals surface area contributed by atoms with Gasteiger partial charge in [0.1, 0.15) is 0 Å². The largest absolute Gasteiger partial charge is 0.335 e. The molecule has 1 aliphatic rings. The average Bonchev–Trinajstić information content (AvgIpc) is 1.99. The Morgan fingerprint density at radius 1 is 1.38 bits per heavy atom. The number of hydrogen-bond donors (Lipinski definition) is 1. The molecular weight excluding hydrogens is 170 g/mol. The van der Waals surface area contributed by atoms with Crippen LogP contribution in [0.15, 0.2) is 0 Å². The number of hydrogen-bond acceptors (Lipinski definition) is 3. The lowest BCUT2D eigenvalue weighted by Crippen LogP contribution is -2.54. The first-order valence-electron chi connectivity index (χ1n) is 4.28. The van der Waals surface area contributed by atoms with E-state index in [1.807, 2.05) is 6.92 Å². The van der Waals surface area contributed by atoms with E-state index in [-0.39, 0.29) is 30.9 Å². The fourth-order valence-corrected chi connectivity index (χ4v) is 1.28. The summed E-state index contributed by atoms with van der Waals surface area (Å²) < 4.78 is 0. The van der Waals surface area contributed by atoms with E-state index in [0.29, 0.717) is 6.54 Å². The highest BCUT2D eigenvalue weighted by molar-refractivity contribution is 5.92. The molecule has 0 spiro atoms. The Morgan fingerprint density at radius 2 is 2.00 bits per heavy atom. The number of amides is 2. The van der Waals surface area contributed by atoms with Crippen LogP contribution in [0.2, 0.25) is 0 Å². The lowest BCUT2D eigenvalue weighted by molar-refractivity contribution is -0.148. The van der Waals surface area contributed by atoms with Crippen molar-refractivity contribution in [2.75, 3.05) is 26.7 Å². The molecule has 0 aromatic rings. The van der Waals surface area contributed by atoms with Crippen LogP contribution in [0.4, 0.5) is 0 Å². The molecule has 0 unspecified atom stereocenters. The molecule has 2 amide bonds. The van der Waals surface area contributed by atoms with E-state index in [2.05, 4.69) is 0 Å². The van der Waals surface area contributed by atoms with Crippen LogP contribution in [0.5, 0.6) is 0 Å². The summed E-state index contributed by atoms with van der Waals surface area (Å²) in [6, 6.07) is -0.0832. The van der Waals surface area contributed by atoms with Crippen LogP contribution in [-0.4, -0.2) is 54.3 Å². The smallest absolute Gasteiger partial charge is 0.242 e. The monoisotopic (exact) mass is 185 g/mol. The molecule has 1 atom stereocenters. The fourth-order valence-electron chi connectivity index (χ4n) is 1.28. The first-order valence-corrected chi connectivity index (χ1v) is 4.28. The maximum atomic E-state index is 11.4. The van der Waals surface area contributed by atoms with Crippen molar-refractivity contribution in [3.05, 3.63) is 0 Å². The van der Waals surface area contributed by atoms with Crippen molar-refractivity contribution in [2.24, 2.45) is 5.73 Å². The van der Waals surface area contributed by atoms with Gasteiger partial charge in [0.05, 0.1) is 13.1 Å². The Bertz CT molecular complexity index is 227. The average molecular weight is 185 g/mol. The lowest BCUT2D eigenvalue weighted by atomic mass is 10.2. The lowest BCUT2D eigenvalue weighted by Gasteiger charge is -2.32. The summed E-state index contributed by atoms with van der Waals surface area (Å²) >= 11 is 0. The van der Waals surface area contributed by atoms with Gasteiger partial charge in [-0.1, -0.05) is 0 Å². The van der Waals surface area contributed by atoms with Crippen LogP contribution in [0.1, 0.15) is 6.92 Å². The van der Waals surface area contributed by atoms with Gasteiger partial charge in [-0.15, -0.1) is 0 Å². The zero-order chi connectivity index (χ0) is 10.0. The molecule has 74 valence electrons. The molecule has 0 aromatic carbocycles. The number of nitrogens with two attached hydrogens (primary N) is 1. The molecule has 1 saturated heterocycles. The van der Waals surface area contributed by atoms with Crippen molar-refractivity contribution in [2.45, 2.75) is 13.0 Å².